The second-order valence-electron chi connectivity index (χ2n) is 3.75. The quantitative estimate of drug-likeness (QED) is 0.508. The molecule has 1 atom stereocenters. The number of carbonyl (C=O) groups excluding carboxylic acids is 1. The monoisotopic (exact) mass is 217 g/mol. The molecule has 1 spiro atoms. The van der Waals surface area contributed by atoms with Crippen molar-refractivity contribution >= 4 is 17.7 Å². The average Bonchev–Trinajstić information content (AvgIpc) is 2.61. The molecule has 0 aromatic rings. The van der Waals surface area contributed by atoms with E-state index in [2.05, 4.69) is 5.32 Å². The molecular formula is C8H15N3O2S. The number of aliphatic hydroxyl groups is 1. The number of hydrogen-bond donors (Lipinski definition) is 3. The first-order valence-electron chi connectivity index (χ1n) is 4.71. The van der Waals surface area contributed by atoms with Crippen molar-refractivity contribution in [2.75, 3.05) is 32.0 Å². The Balaban J connectivity index is 1.84. The summed E-state index contributed by atoms with van der Waals surface area (Å²) in [4.78, 5) is 13.3. The summed E-state index contributed by atoms with van der Waals surface area (Å²) in [5.74, 6) is 0.959. The lowest BCUT2D eigenvalue weighted by molar-refractivity contribution is -0.139. The second-order valence-corrected chi connectivity index (χ2v) is 5.23. The molecule has 2 aliphatic rings. The van der Waals surface area contributed by atoms with Gasteiger partial charge in [0.15, 0.2) is 0 Å². The second kappa shape index (κ2) is 3.69. The summed E-state index contributed by atoms with van der Waals surface area (Å²) in [6.07, 6.45) is 0. The summed E-state index contributed by atoms with van der Waals surface area (Å²) in [5.41, 5.74) is 5.45. The van der Waals surface area contributed by atoms with Crippen molar-refractivity contribution in [2.45, 2.75) is 10.9 Å². The van der Waals surface area contributed by atoms with E-state index >= 15 is 0 Å². The van der Waals surface area contributed by atoms with Crippen LogP contribution in [0.3, 0.4) is 0 Å². The highest BCUT2D eigenvalue weighted by atomic mass is 32.2. The average molecular weight is 217 g/mol. The van der Waals surface area contributed by atoms with Gasteiger partial charge in [-0.2, -0.15) is 0 Å². The van der Waals surface area contributed by atoms with Gasteiger partial charge in [-0.1, -0.05) is 0 Å². The Morgan fingerprint density at radius 3 is 2.93 bits per heavy atom. The van der Waals surface area contributed by atoms with E-state index in [-0.39, 0.29) is 17.4 Å². The highest BCUT2D eigenvalue weighted by Crippen LogP contribution is 2.36. The van der Waals surface area contributed by atoms with Gasteiger partial charge in [-0.25, -0.2) is 0 Å². The lowest BCUT2D eigenvalue weighted by atomic mass is 10.1. The first kappa shape index (κ1) is 10.2. The number of thioether (sulfide) groups is 1. The third kappa shape index (κ3) is 1.63. The van der Waals surface area contributed by atoms with Crippen LogP contribution >= 0.6 is 11.8 Å². The van der Waals surface area contributed by atoms with E-state index < -0.39 is 6.04 Å². The summed E-state index contributed by atoms with van der Waals surface area (Å²) < 4.78 is 0. The van der Waals surface area contributed by atoms with Crippen molar-refractivity contribution in [1.29, 1.82) is 0 Å². The molecule has 2 aliphatic heterocycles. The normalized spacial score (nSPS) is 26.3. The molecule has 2 fully saturated rings. The van der Waals surface area contributed by atoms with Crippen LogP contribution in [0.1, 0.15) is 0 Å². The van der Waals surface area contributed by atoms with Gasteiger partial charge in [-0.05, 0) is 0 Å². The fourth-order valence-corrected chi connectivity index (χ4v) is 3.11. The highest BCUT2D eigenvalue weighted by Gasteiger charge is 2.48. The molecule has 2 rings (SSSR count). The van der Waals surface area contributed by atoms with Crippen LogP contribution in [0.5, 0.6) is 0 Å². The van der Waals surface area contributed by atoms with Crippen LogP contribution in [-0.2, 0) is 4.79 Å². The maximum absolute atomic E-state index is 11.5. The summed E-state index contributed by atoms with van der Waals surface area (Å²) >= 11 is 1.86. The van der Waals surface area contributed by atoms with Crippen LogP contribution in [0.4, 0.5) is 0 Å². The van der Waals surface area contributed by atoms with Gasteiger partial charge in [0, 0.05) is 12.3 Å². The standard InChI is InChI=1S/C8H15N3O2S/c9-6(3-12)7(13)11-4-8(5-11)10-1-2-14-8/h6,10,12H,1-5,9H2/t6-/m1/s1. The molecule has 14 heavy (non-hydrogen) atoms. The van der Waals surface area contributed by atoms with Gasteiger partial charge in [0.05, 0.1) is 19.7 Å². The lowest BCUT2D eigenvalue weighted by Crippen LogP contribution is -2.68. The predicted molar refractivity (Wildman–Crippen MR) is 54.8 cm³/mol. The van der Waals surface area contributed by atoms with Crippen LogP contribution in [0, 0.1) is 0 Å². The van der Waals surface area contributed by atoms with E-state index in [0.717, 1.165) is 12.3 Å². The number of amides is 1. The number of nitrogens with zero attached hydrogens (tertiary/aromatic N) is 1. The SMILES string of the molecule is N[C@H](CO)C(=O)N1CC2(C1)NCCS2. The van der Waals surface area contributed by atoms with Crippen LogP contribution in [0.15, 0.2) is 0 Å². The van der Waals surface area contributed by atoms with Crippen molar-refractivity contribution < 1.29 is 9.90 Å². The Bertz CT molecular complexity index is 235. The first-order chi connectivity index (χ1) is 6.67. The summed E-state index contributed by atoms with van der Waals surface area (Å²) in [7, 11) is 0. The molecule has 4 N–H and O–H groups in total. The summed E-state index contributed by atoms with van der Waals surface area (Å²) in [6, 6.07) is -0.751. The maximum atomic E-state index is 11.5. The molecule has 1 amide bonds. The summed E-state index contributed by atoms with van der Waals surface area (Å²) in [6.45, 7) is 2.16. The van der Waals surface area contributed by atoms with Crippen molar-refractivity contribution in [3.63, 3.8) is 0 Å². The minimum Gasteiger partial charge on any atom is -0.394 e. The zero-order chi connectivity index (χ0) is 10.2. The molecule has 0 aromatic carbocycles. The number of nitrogens with one attached hydrogen (secondary N) is 1. The van der Waals surface area contributed by atoms with Crippen LogP contribution in [0.25, 0.3) is 0 Å². The van der Waals surface area contributed by atoms with Crippen LogP contribution in [0.2, 0.25) is 0 Å². The van der Waals surface area contributed by atoms with E-state index in [0.29, 0.717) is 13.1 Å². The number of likely N-dealkylation sites (tertiary alicyclic amines) is 1. The number of hydrogen-bond acceptors (Lipinski definition) is 5. The molecule has 5 nitrogen and oxygen atoms in total. The maximum Gasteiger partial charge on any atom is 0.242 e. The van der Waals surface area contributed by atoms with Crippen molar-refractivity contribution in [3.05, 3.63) is 0 Å². The molecular weight excluding hydrogens is 202 g/mol. The van der Waals surface area contributed by atoms with E-state index in [9.17, 15) is 4.79 Å². The van der Waals surface area contributed by atoms with Crippen LogP contribution < -0.4 is 11.1 Å². The van der Waals surface area contributed by atoms with Crippen molar-refractivity contribution in [3.8, 4) is 0 Å². The van der Waals surface area contributed by atoms with Gasteiger partial charge in [0.1, 0.15) is 10.9 Å². The van der Waals surface area contributed by atoms with E-state index in [1.165, 1.54) is 0 Å². The molecule has 0 aliphatic carbocycles. The van der Waals surface area contributed by atoms with E-state index in [4.69, 9.17) is 10.8 Å². The molecule has 2 heterocycles. The largest absolute Gasteiger partial charge is 0.394 e. The third-order valence-electron chi connectivity index (χ3n) is 2.65. The van der Waals surface area contributed by atoms with Crippen molar-refractivity contribution in [2.24, 2.45) is 5.73 Å². The molecule has 0 aromatic heterocycles. The number of rotatable bonds is 2. The number of nitrogens with two attached hydrogens (primary N) is 1. The minimum absolute atomic E-state index is 0.0881. The predicted octanol–water partition coefficient (Wildman–Crippen LogP) is -1.82. The van der Waals surface area contributed by atoms with Gasteiger partial charge in [0.2, 0.25) is 5.91 Å². The Hall–Kier alpha value is -0.300. The molecule has 80 valence electrons. The minimum atomic E-state index is -0.751. The number of carbonyl (C=O) groups is 1. The number of aliphatic hydroxyl groups excluding tert-OH is 1. The molecule has 6 heteroatoms. The first-order valence-corrected chi connectivity index (χ1v) is 5.70. The lowest BCUT2D eigenvalue weighted by Gasteiger charge is -2.47. The van der Waals surface area contributed by atoms with E-state index in [1.54, 1.807) is 4.90 Å². The Morgan fingerprint density at radius 1 is 1.71 bits per heavy atom. The van der Waals surface area contributed by atoms with Gasteiger partial charge in [0.25, 0.3) is 0 Å². The van der Waals surface area contributed by atoms with E-state index in [1.807, 2.05) is 11.8 Å². The molecule has 0 radical (unpaired) electrons. The highest BCUT2D eigenvalue weighted by molar-refractivity contribution is 8.01. The van der Waals surface area contributed by atoms with Gasteiger partial charge in [-0.15, -0.1) is 11.8 Å². The molecule has 0 bridgehead atoms. The zero-order valence-electron chi connectivity index (χ0n) is 7.90. The zero-order valence-corrected chi connectivity index (χ0v) is 8.72. The molecule has 2 saturated heterocycles. The smallest absolute Gasteiger partial charge is 0.242 e. The Labute approximate surface area is 87.0 Å². The van der Waals surface area contributed by atoms with Gasteiger partial charge in [-0.3, -0.25) is 10.1 Å². The molecule has 0 unspecified atom stereocenters. The Kier molecular flexibility index (Phi) is 2.70. The third-order valence-corrected chi connectivity index (χ3v) is 4.01. The van der Waals surface area contributed by atoms with Crippen molar-refractivity contribution in [1.82, 2.24) is 10.2 Å². The summed E-state index contributed by atoms with van der Waals surface area (Å²) in [5, 5.41) is 12.1. The topological polar surface area (TPSA) is 78.6 Å². The Morgan fingerprint density at radius 2 is 2.43 bits per heavy atom. The fourth-order valence-electron chi connectivity index (χ4n) is 1.82. The van der Waals surface area contributed by atoms with Crippen LogP contribution in [-0.4, -0.2) is 58.8 Å². The fraction of sp³-hybridized carbons (Fsp3) is 0.875. The molecule has 0 saturated carbocycles. The van der Waals surface area contributed by atoms with Gasteiger partial charge < -0.3 is 15.7 Å². The van der Waals surface area contributed by atoms with Gasteiger partial charge >= 0.3 is 0 Å².